The number of ether oxygens (including phenoxy) is 5. The Hall–Kier alpha value is -3.71. The first-order valence-electron chi connectivity index (χ1n) is 10.3. The fraction of sp³-hybridized carbons (Fsp3) is 0.192. The number of benzene rings is 3. The minimum atomic E-state index is -0.453. The Bertz CT molecular complexity index is 1280. The van der Waals surface area contributed by atoms with Gasteiger partial charge in [0.15, 0.2) is 17.3 Å². The highest BCUT2D eigenvalue weighted by atomic mass is 35.5. The van der Waals surface area contributed by atoms with Crippen molar-refractivity contribution < 1.29 is 32.9 Å². The monoisotopic (exact) mass is 484 g/mol. The molecule has 34 heavy (non-hydrogen) atoms. The zero-order valence-corrected chi connectivity index (χ0v) is 19.8. The average molecular weight is 485 g/mol. The lowest BCUT2D eigenvalue weighted by molar-refractivity contribution is 0.101. The summed E-state index contributed by atoms with van der Waals surface area (Å²) >= 11 is 6.08. The van der Waals surface area contributed by atoms with Crippen LogP contribution in [0, 0.1) is 12.7 Å². The maximum atomic E-state index is 14.1. The van der Waals surface area contributed by atoms with Crippen LogP contribution in [0.1, 0.15) is 27.0 Å². The minimum Gasteiger partial charge on any atom is -0.496 e. The largest absolute Gasteiger partial charge is 0.496 e. The van der Waals surface area contributed by atoms with Gasteiger partial charge in [-0.05, 0) is 42.8 Å². The van der Waals surface area contributed by atoms with Crippen molar-refractivity contribution in [1.29, 1.82) is 0 Å². The van der Waals surface area contributed by atoms with E-state index in [9.17, 15) is 9.18 Å². The molecule has 6 nitrogen and oxygen atoms in total. The summed E-state index contributed by atoms with van der Waals surface area (Å²) in [5, 5.41) is 0.276. The number of allylic oxidation sites excluding steroid dienone is 1. The molecule has 1 aliphatic heterocycles. The van der Waals surface area contributed by atoms with E-state index in [2.05, 4.69) is 0 Å². The smallest absolute Gasteiger partial charge is 0.232 e. The number of methoxy groups -OCH3 is 3. The maximum absolute atomic E-state index is 14.1. The van der Waals surface area contributed by atoms with E-state index in [1.807, 2.05) is 0 Å². The predicted molar refractivity (Wildman–Crippen MR) is 126 cm³/mol. The first-order valence-corrected chi connectivity index (χ1v) is 10.7. The summed E-state index contributed by atoms with van der Waals surface area (Å²) in [6.45, 7) is 1.71. The van der Waals surface area contributed by atoms with Gasteiger partial charge in [-0.25, -0.2) is 4.39 Å². The van der Waals surface area contributed by atoms with Crippen LogP contribution in [0.2, 0.25) is 5.02 Å². The Balaban J connectivity index is 1.63. The summed E-state index contributed by atoms with van der Waals surface area (Å²) in [7, 11) is 4.57. The van der Waals surface area contributed by atoms with Crippen molar-refractivity contribution in [3.63, 3.8) is 0 Å². The van der Waals surface area contributed by atoms with Crippen LogP contribution in [-0.4, -0.2) is 27.1 Å². The topological polar surface area (TPSA) is 63.2 Å². The third-order valence-corrected chi connectivity index (χ3v) is 5.77. The predicted octanol–water partition coefficient (Wildman–Crippen LogP) is 6.01. The number of fused-ring (bicyclic) bond motifs is 1. The van der Waals surface area contributed by atoms with Gasteiger partial charge in [0.2, 0.25) is 5.78 Å². The van der Waals surface area contributed by atoms with Crippen LogP contribution in [0.25, 0.3) is 6.08 Å². The van der Waals surface area contributed by atoms with Crippen molar-refractivity contribution in [2.45, 2.75) is 13.5 Å². The lowest BCUT2D eigenvalue weighted by Gasteiger charge is -2.12. The Kier molecular flexibility index (Phi) is 6.65. The van der Waals surface area contributed by atoms with Crippen LogP contribution >= 0.6 is 11.6 Å². The quantitative estimate of drug-likeness (QED) is 0.383. The second-order valence-corrected chi connectivity index (χ2v) is 7.90. The molecule has 0 spiro atoms. The zero-order chi connectivity index (χ0) is 24.4. The van der Waals surface area contributed by atoms with Crippen molar-refractivity contribution >= 4 is 23.5 Å². The van der Waals surface area contributed by atoms with Crippen LogP contribution in [0.4, 0.5) is 4.39 Å². The molecule has 1 heterocycles. The first kappa shape index (κ1) is 23.4. The van der Waals surface area contributed by atoms with Gasteiger partial charge in [0.05, 0.1) is 31.9 Å². The van der Waals surface area contributed by atoms with E-state index in [0.717, 1.165) is 0 Å². The molecule has 0 bridgehead atoms. The van der Waals surface area contributed by atoms with Gasteiger partial charge in [-0.3, -0.25) is 4.79 Å². The van der Waals surface area contributed by atoms with Gasteiger partial charge < -0.3 is 23.7 Å². The van der Waals surface area contributed by atoms with Crippen molar-refractivity contribution in [3.8, 4) is 28.7 Å². The number of aryl methyl sites for hydroxylation is 1. The second kappa shape index (κ2) is 9.65. The van der Waals surface area contributed by atoms with Crippen LogP contribution in [0.15, 0.2) is 48.2 Å². The molecule has 1 aliphatic rings. The van der Waals surface area contributed by atoms with Crippen molar-refractivity contribution in [2.24, 2.45) is 0 Å². The standard InChI is InChI=1S/C26H22ClFO6/c1-14-8-16(33-13-17-18(27)6-5-7-19(17)28)11-23-25(14)26(29)24(34-23)10-15-9-21(31-3)22(32-4)12-20(15)30-2/h5-12H,13H2,1-4H3/b24-10-. The van der Waals surface area contributed by atoms with Crippen molar-refractivity contribution in [2.75, 3.05) is 21.3 Å². The number of ketones is 1. The Morgan fingerprint density at radius 3 is 2.38 bits per heavy atom. The molecule has 0 fully saturated rings. The molecule has 0 atom stereocenters. The highest BCUT2D eigenvalue weighted by Gasteiger charge is 2.30. The molecule has 4 rings (SSSR count). The molecule has 176 valence electrons. The van der Waals surface area contributed by atoms with Gasteiger partial charge in [-0.2, -0.15) is 0 Å². The molecular weight excluding hydrogens is 463 g/mol. The number of Topliss-reactive ketones (excluding diaryl/α,β-unsaturated/α-hetero) is 1. The lowest BCUT2D eigenvalue weighted by atomic mass is 10.0. The summed E-state index contributed by atoms with van der Waals surface area (Å²) in [5.41, 5.74) is 1.93. The average Bonchev–Trinajstić information content (AvgIpc) is 3.13. The first-order chi connectivity index (χ1) is 16.4. The summed E-state index contributed by atoms with van der Waals surface area (Å²) in [6.07, 6.45) is 1.59. The van der Waals surface area contributed by atoms with E-state index in [4.69, 9.17) is 35.3 Å². The van der Waals surface area contributed by atoms with Gasteiger partial charge in [0.25, 0.3) is 0 Å². The number of carbonyl (C=O) groups is 1. The third kappa shape index (κ3) is 4.39. The highest BCUT2D eigenvalue weighted by molar-refractivity contribution is 6.31. The number of hydrogen-bond donors (Lipinski definition) is 0. The molecule has 3 aromatic rings. The SMILES string of the molecule is COc1cc(OC)c(OC)cc1/C=C1\Oc2cc(OCc3c(F)cccc3Cl)cc(C)c2C1=O. The number of rotatable bonds is 7. The number of carbonyl (C=O) groups excluding carboxylic acids is 1. The summed E-state index contributed by atoms with van der Waals surface area (Å²) in [5.74, 6) is 1.64. The maximum Gasteiger partial charge on any atom is 0.232 e. The molecule has 0 amide bonds. The van der Waals surface area contributed by atoms with Crippen LogP contribution in [0.5, 0.6) is 28.7 Å². The molecule has 0 aromatic heterocycles. The van der Waals surface area contributed by atoms with E-state index in [1.165, 1.54) is 33.5 Å². The molecule has 0 unspecified atom stereocenters. The molecule has 3 aromatic carbocycles. The normalized spacial score (nSPS) is 13.5. The molecule has 0 aliphatic carbocycles. The van der Waals surface area contributed by atoms with Crippen LogP contribution < -0.4 is 23.7 Å². The van der Waals surface area contributed by atoms with E-state index in [1.54, 1.807) is 43.3 Å². The highest BCUT2D eigenvalue weighted by Crippen LogP contribution is 2.40. The van der Waals surface area contributed by atoms with Crippen molar-refractivity contribution in [1.82, 2.24) is 0 Å². The summed E-state index contributed by atoms with van der Waals surface area (Å²) in [6, 6.07) is 11.1. The van der Waals surface area contributed by atoms with E-state index in [-0.39, 0.29) is 28.7 Å². The number of hydrogen-bond acceptors (Lipinski definition) is 6. The number of halogens is 2. The van der Waals surface area contributed by atoms with Crippen LogP contribution in [0.3, 0.4) is 0 Å². The van der Waals surface area contributed by atoms with E-state index in [0.29, 0.717) is 45.4 Å². The van der Waals surface area contributed by atoms with Gasteiger partial charge >= 0.3 is 0 Å². The zero-order valence-electron chi connectivity index (χ0n) is 19.0. The van der Waals surface area contributed by atoms with Gasteiger partial charge in [0.1, 0.15) is 29.7 Å². The summed E-state index contributed by atoms with van der Waals surface area (Å²) < 4.78 is 41.8. The fourth-order valence-corrected chi connectivity index (χ4v) is 3.91. The van der Waals surface area contributed by atoms with E-state index < -0.39 is 5.82 Å². The lowest BCUT2D eigenvalue weighted by Crippen LogP contribution is -2.01. The van der Waals surface area contributed by atoms with Crippen LogP contribution in [-0.2, 0) is 6.61 Å². The van der Waals surface area contributed by atoms with Crippen molar-refractivity contribution in [3.05, 3.63) is 81.3 Å². The summed E-state index contributed by atoms with van der Waals surface area (Å²) in [4.78, 5) is 13.1. The third-order valence-electron chi connectivity index (χ3n) is 5.41. The van der Waals surface area contributed by atoms with Gasteiger partial charge in [-0.15, -0.1) is 0 Å². The van der Waals surface area contributed by atoms with Gasteiger partial charge in [-0.1, -0.05) is 17.7 Å². The molecule has 0 saturated heterocycles. The molecule has 0 saturated carbocycles. The molecule has 8 heteroatoms. The molecular formula is C26H22ClFO6. The van der Waals surface area contributed by atoms with Gasteiger partial charge in [0, 0.05) is 23.3 Å². The van der Waals surface area contributed by atoms with E-state index >= 15 is 0 Å². The Morgan fingerprint density at radius 2 is 1.71 bits per heavy atom. The Morgan fingerprint density at radius 1 is 1.00 bits per heavy atom. The second-order valence-electron chi connectivity index (χ2n) is 7.49. The molecule has 0 N–H and O–H groups in total. The fourth-order valence-electron chi connectivity index (χ4n) is 3.69. The Labute approximate surface area is 201 Å². The molecule has 0 radical (unpaired) electrons. The minimum absolute atomic E-state index is 0.0663.